The van der Waals surface area contributed by atoms with Crippen molar-refractivity contribution in [3.63, 3.8) is 0 Å². The second-order valence-corrected chi connectivity index (χ2v) is 10.0. The molecular weight excluding hydrogens is 390 g/mol. The van der Waals surface area contributed by atoms with Crippen molar-refractivity contribution >= 4 is 33.2 Å². The summed E-state index contributed by atoms with van der Waals surface area (Å²) < 4.78 is 32.0. The second-order valence-electron chi connectivity index (χ2n) is 7.30. The fraction of sp³-hybridized carbons (Fsp3) is 0.412. The van der Waals surface area contributed by atoms with Crippen LogP contribution in [0.5, 0.6) is 0 Å². The van der Waals surface area contributed by atoms with Gasteiger partial charge in [0.15, 0.2) is 5.76 Å². The molecule has 2 aromatic heterocycles. The zero-order valence-electron chi connectivity index (χ0n) is 15.2. The van der Waals surface area contributed by atoms with Gasteiger partial charge in [0.25, 0.3) is 15.9 Å². The van der Waals surface area contributed by atoms with Crippen molar-refractivity contribution in [1.82, 2.24) is 15.6 Å². The van der Waals surface area contributed by atoms with Gasteiger partial charge in [-0.25, -0.2) is 13.1 Å². The summed E-state index contributed by atoms with van der Waals surface area (Å²) in [6.07, 6.45) is 3.05. The van der Waals surface area contributed by atoms with Crippen molar-refractivity contribution in [2.45, 2.75) is 50.7 Å². The van der Waals surface area contributed by atoms with Crippen LogP contribution in [-0.4, -0.2) is 25.8 Å². The minimum atomic E-state index is -3.89. The van der Waals surface area contributed by atoms with E-state index >= 15 is 0 Å². The number of thiophene rings is 1. The van der Waals surface area contributed by atoms with E-state index in [1.165, 1.54) is 33.9 Å². The predicted molar refractivity (Wildman–Crippen MR) is 100 cm³/mol. The molecule has 0 fully saturated rings. The van der Waals surface area contributed by atoms with E-state index in [4.69, 9.17) is 4.42 Å². The number of amides is 2. The summed E-state index contributed by atoms with van der Waals surface area (Å²) in [5.41, 5.74) is 5.05. The van der Waals surface area contributed by atoms with E-state index in [1.807, 2.05) is 6.07 Å². The first-order chi connectivity index (χ1) is 12.5. The van der Waals surface area contributed by atoms with Crippen molar-refractivity contribution in [3.05, 3.63) is 39.3 Å². The molecule has 0 saturated heterocycles. The van der Waals surface area contributed by atoms with Crippen LogP contribution < -0.4 is 15.6 Å². The molecule has 0 bridgehead atoms. The highest BCUT2D eigenvalue weighted by Crippen LogP contribution is 2.30. The number of nitrogens with one attached hydrogen (secondary N) is 3. The highest BCUT2D eigenvalue weighted by molar-refractivity contribution is 7.89. The fourth-order valence-corrected chi connectivity index (χ4v) is 5.22. The van der Waals surface area contributed by atoms with Crippen molar-refractivity contribution in [2.75, 3.05) is 0 Å². The van der Waals surface area contributed by atoms with Crippen molar-refractivity contribution in [3.8, 4) is 0 Å². The third kappa shape index (κ3) is 4.57. The Balaban J connectivity index is 1.61. The quantitative estimate of drug-likeness (QED) is 0.665. The monoisotopic (exact) mass is 411 g/mol. The Labute approximate surface area is 161 Å². The lowest BCUT2D eigenvalue weighted by Crippen LogP contribution is -2.41. The third-order valence-electron chi connectivity index (χ3n) is 3.77. The Hall–Kier alpha value is -2.17. The van der Waals surface area contributed by atoms with E-state index in [1.54, 1.807) is 20.8 Å². The van der Waals surface area contributed by atoms with Crippen LogP contribution in [0, 0.1) is 0 Å². The van der Waals surface area contributed by atoms with Gasteiger partial charge in [-0.3, -0.25) is 20.4 Å². The van der Waals surface area contributed by atoms with Crippen LogP contribution in [0.2, 0.25) is 0 Å². The molecule has 0 atom stereocenters. The molecule has 10 heteroatoms. The lowest BCUT2D eigenvalue weighted by atomic mass is 10.1. The summed E-state index contributed by atoms with van der Waals surface area (Å²) in [6, 6.07) is 4.26. The maximum Gasteiger partial charge on any atom is 0.305 e. The van der Waals surface area contributed by atoms with Gasteiger partial charge in [-0.15, -0.1) is 11.3 Å². The Bertz CT molecular complexity index is 961. The summed E-state index contributed by atoms with van der Waals surface area (Å²) in [7, 11) is -3.89. The van der Waals surface area contributed by atoms with Gasteiger partial charge < -0.3 is 4.42 Å². The zero-order chi connectivity index (χ0) is 19.8. The smallest absolute Gasteiger partial charge is 0.305 e. The largest absolute Gasteiger partial charge is 0.438 e. The number of hydrogen-bond acceptors (Lipinski definition) is 6. The highest BCUT2D eigenvalue weighted by Gasteiger charge is 2.26. The summed E-state index contributed by atoms with van der Waals surface area (Å²) >= 11 is 1.42. The fourth-order valence-electron chi connectivity index (χ4n) is 2.72. The maximum atomic E-state index is 12.2. The molecule has 0 radical (unpaired) electrons. The molecule has 3 N–H and O–H groups in total. The van der Waals surface area contributed by atoms with E-state index in [0.717, 1.165) is 19.3 Å². The lowest BCUT2D eigenvalue weighted by molar-refractivity contribution is 0.0829. The summed E-state index contributed by atoms with van der Waals surface area (Å²) in [5.74, 6) is -1.39. The van der Waals surface area contributed by atoms with Gasteiger partial charge in [-0.1, -0.05) is 0 Å². The number of hydrazine groups is 1. The average molecular weight is 412 g/mol. The molecule has 2 aromatic rings. The Morgan fingerprint density at radius 3 is 2.48 bits per heavy atom. The van der Waals surface area contributed by atoms with E-state index in [0.29, 0.717) is 4.88 Å². The number of carbonyl (C=O) groups excluding carboxylic acids is 2. The van der Waals surface area contributed by atoms with Crippen LogP contribution in [0.15, 0.2) is 27.7 Å². The normalized spacial score (nSPS) is 14.0. The van der Waals surface area contributed by atoms with Gasteiger partial charge in [0.05, 0.1) is 4.88 Å². The number of carbonyl (C=O) groups is 2. The molecule has 1 aliphatic carbocycles. The van der Waals surface area contributed by atoms with Gasteiger partial charge in [0, 0.05) is 10.4 Å². The predicted octanol–water partition coefficient (Wildman–Crippen LogP) is 1.98. The topological polar surface area (TPSA) is 118 Å². The Morgan fingerprint density at radius 1 is 1.11 bits per heavy atom. The summed E-state index contributed by atoms with van der Waals surface area (Å²) in [6.45, 7) is 5.07. The molecule has 146 valence electrons. The van der Waals surface area contributed by atoms with Gasteiger partial charge in [-0.05, 0) is 63.8 Å². The Kier molecular flexibility index (Phi) is 5.15. The standard InChI is InChI=1S/C17H21N3O5S2/c1-17(2,3)20-27(23,24)14-8-7-11(25-14)15(21)18-19-16(22)13-9-10-5-4-6-12(10)26-13/h7-9,20H,4-6H2,1-3H3,(H,18,21)(H,19,22). The molecule has 2 amide bonds. The summed E-state index contributed by atoms with van der Waals surface area (Å²) in [4.78, 5) is 26.0. The van der Waals surface area contributed by atoms with E-state index in [2.05, 4.69) is 15.6 Å². The summed E-state index contributed by atoms with van der Waals surface area (Å²) in [5, 5.41) is -0.372. The molecule has 0 aliphatic heterocycles. The van der Waals surface area contributed by atoms with Crippen LogP contribution in [0.3, 0.4) is 0 Å². The van der Waals surface area contributed by atoms with Gasteiger partial charge in [0.2, 0.25) is 5.09 Å². The van der Waals surface area contributed by atoms with E-state index in [-0.39, 0.29) is 10.9 Å². The van der Waals surface area contributed by atoms with Crippen LogP contribution in [0.1, 0.15) is 57.9 Å². The number of hydrogen-bond donors (Lipinski definition) is 3. The number of furan rings is 1. The van der Waals surface area contributed by atoms with Crippen LogP contribution in [0.25, 0.3) is 0 Å². The molecule has 2 heterocycles. The third-order valence-corrected chi connectivity index (χ3v) is 6.64. The molecular formula is C17H21N3O5S2. The van der Waals surface area contributed by atoms with E-state index < -0.39 is 27.4 Å². The molecule has 1 aliphatic rings. The first-order valence-corrected chi connectivity index (χ1v) is 10.7. The van der Waals surface area contributed by atoms with Crippen LogP contribution in [-0.2, 0) is 22.9 Å². The zero-order valence-corrected chi connectivity index (χ0v) is 16.8. The number of rotatable bonds is 4. The van der Waals surface area contributed by atoms with Gasteiger partial charge in [-0.2, -0.15) is 0 Å². The number of fused-ring (bicyclic) bond motifs is 1. The second kappa shape index (κ2) is 7.10. The number of aryl methyl sites for hydroxylation is 2. The molecule has 0 saturated carbocycles. The van der Waals surface area contributed by atoms with Gasteiger partial charge in [0.1, 0.15) is 0 Å². The molecule has 0 spiro atoms. The lowest BCUT2D eigenvalue weighted by Gasteiger charge is -2.18. The minimum Gasteiger partial charge on any atom is -0.438 e. The first-order valence-electron chi connectivity index (χ1n) is 8.41. The molecule has 8 nitrogen and oxygen atoms in total. The number of sulfonamides is 1. The SMILES string of the molecule is CC(C)(C)NS(=O)(=O)c1ccc(C(=O)NNC(=O)c2cc3c(s2)CCC3)o1. The molecule has 3 rings (SSSR count). The van der Waals surface area contributed by atoms with Crippen LogP contribution >= 0.6 is 11.3 Å². The van der Waals surface area contributed by atoms with Crippen molar-refractivity contribution in [2.24, 2.45) is 0 Å². The maximum absolute atomic E-state index is 12.2. The van der Waals surface area contributed by atoms with Crippen LogP contribution in [0.4, 0.5) is 0 Å². The first kappa shape index (κ1) is 19.6. The van der Waals surface area contributed by atoms with E-state index in [9.17, 15) is 18.0 Å². The average Bonchev–Trinajstić information content (AvgIpc) is 3.24. The van der Waals surface area contributed by atoms with Crippen molar-refractivity contribution < 1.29 is 22.4 Å². The minimum absolute atomic E-state index is 0.224. The molecule has 0 unspecified atom stereocenters. The Morgan fingerprint density at radius 2 is 1.81 bits per heavy atom. The highest BCUT2D eigenvalue weighted by atomic mass is 32.2. The molecule has 27 heavy (non-hydrogen) atoms. The molecule has 0 aromatic carbocycles. The van der Waals surface area contributed by atoms with Crippen molar-refractivity contribution in [1.29, 1.82) is 0 Å². The van der Waals surface area contributed by atoms with Gasteiger partial charge >= 0.3 is 5.91 Å².